The van der Waals surface area contributed by atoms with Gasteiger partial charge in [0, 0.05) is 32.5 Å². The molecule has 1 rings (SSSR count). The van der Waals surface area contributed by atoms with Crippen LogP contribution in [0.3, 0.4) is 0 Å². The van der Waals surface area contributed by atoms with Crippen molar-refractivity contribution in [3.63, 3.8) is 0 Å². The van der Waals surface area contributed by atoms with E-state index in [0.29, 0.717) is 12.6 Å². The molecule has 2 N–H and O–H groups in total. The molecule has 5 heteroatoms. The van der Waals surface area contributed by atoms with Crippen LogP contribution in [0.25, 0.3) is 0 Å². The number of hydrogen-bond donors (Lipinski definition) is 1. The molecule has 0 spiro atoms. The summed E-state index contributed by atoms with van der Waals surface area (Å²) < 4.78 is 4.98. The van der Waals surface area contributed by atoms with E-state index in [-0.39, 0.29) is 0 Å². The Hall–Kier alpha value is -1.36. The van der Waals surface area contributed by atoms with Gasteiger partial charge in [-0.05, 0) is 6.92 Å². The first-order valence-corrected chi connectivity index (χ1v) is 4.44. The lowest BCUT2D eigenvalue weighted by molar-refractivity contribution is 0.206. The average molecular weight is 196 g/mol. The van der Waals surface area contributed by atoms with Crippen molar-refractivity contribution in [2.24, 2.45) is 0 Å². The highest BCUT2D eigenvalue weighted by molar-refractivity contribution is 5.42. The third-order valence-corrected chi connectivity index (χ3v) is 1.88. The number of anilines is 2. The van der Waals surface area contributed by atoms with Crippen molar-refractivity contribution < 1.29 is 4.74 Å². The predicted octanol–water partition coefficient (Wildman–Crippen LogP) is 0.450. The third kappa shape index (κ3) is 2.85. The number of methoxy groups -OCH3 is 1. The molecule has 0 amide bonds. The second kappa shape index (κ2) is 4.76. The highest BCUT2D eigenvalue weighted by Gasteiger charge is 2.04. The van der Waals surface area contributed by atoms with Crippen molar-refractivity contribution in [2.75, 3.05) is 37.9 Å². The summed E-state index contributed by atoms with van der Waals surface area (Å²) >= 11 is 0. The highest BCUT2D eigenvalue weighted by atomic mass is 16.5. The number of aryl methyl sites for hydroxylation is 1. The minimum absolute atomic E-state index is 0.310. The lowest BCUT2D eigenvalue weighted by atomic mass is 10.4. The largest absolute Gasteiger partial charge is 0.383 e. The van der Waals surface area contributed by atoms with Crippen LogP contribution in [0.1, 0.15) is 5.69 Å². The van der Waals surface area contributed by atoms with Gasteiger partial charge in [-0.15, -0.1) is 0 Å². The molecule has 5 nitrogen and oxygen atoms in total. The van der Waals surface area contributed by atoms with Gasteiger partial charge in [0.25, 0.3) is 0 Å². The van der Waals surface area contributed by atoms with Crippen molar-refractivity contribution >= 4 is 11.8 Å². The van der Waals surface area contributed by atoms with E-state index in [1.807, 2.05) is 24.9 Å². The SMILES string of the molecule is COCCN(C)c1cc(C)nc(N)n1. The Labute approximate surface area is 83.9 Å². The van der Waals surface area contributed by atoms with E-state index in [2.05, 4.69) is 9.97 Å². The zero-order valence-corrected chi connectivity index (χ0v) is 8.82. The number of hydrogen-bond acceptors (Lipinski definition) is 5. The summed E-state index contributed by atoms with van der Waals surface area (Å²) in [6.07, 6.45) is 0. The number of nitrogens with two attached hydrogens (primary N) is 1. The molecule has 0 radical (unpaired) electrons. The van der Waals surface area contributed by atoms with E-state index < -0.39 is 0 Å². The van der Waals surface area contributed by atoms with Crippen LogP contribution in [0.2, 0.25) is 0 Å². The van der Waals surface area contributed by atoms with Crippen LogP contribution in [0, 0.1) is 6.92 Å². The van der Waals surface area contributed by atoms with Crippen LogP contribution < -0.4 is 10.6 Å². The van der Waals surface area contributed by atoms with Crippen molar-refractivity contribution in [3.05, 3.63) is 11.8 Å². The Bertz CT molecular complexity index is 283. The maximum absolute atomic E-state index is 5.55. The van der Waals surface area contributed by atoms with E-state index in [1.54, 1.807) is 7.11 Å². The molecule has 0 aliphatic heterocycles. The van der Waals surface area contributed by atoms with Gasteiger partial charge in [-0.25, -0.2) is 4.98 Å². The number of nitrogen functional groups attached to an aromatic ring is 1. The molecular weight excluding hydrogens is 180 g/mol. The first-order valence-electron chi connectivity index (χ1n) is 4.44. The summed E-state index contributed by atoms with van der Waals surface area (Å²) in [6.45, 7) is 3.34. The van der Waals surface area contributed by atoms with E-state index in [0.717, 1.165) is 18.1 Å². The summed E-state index contributed by atoms with van der Waals surface area (Å²) in [4.78, 5) is 10.1. The van der Waals surface area contributed by atoms with Gasteiger partial charge in [0.15, 0.2) is 0 Å². The second-order valence-electron chi connectivity index (χ2n) is 3.14. The maximum Gasteiger partial charge on any atom is 0.222 e. The topological polar surface area (TPSA) is 64.3 Å². The molecule has 0 aliphatic carbocycles. The molecule has 78 valence electrons. The van der Waals surface area contributed by atoms with E-state index >= 15 is 0 Å². The van der Waals surface area contributed by atoms with Gasteiger partial charge in [-0.2, -0.15) is 4.98 Å². The van der Waals surface area contributed by atoms with Crippen molar-refractivity contribution in [2.45, 2.75) is 6.92 Å². The predicted molar refractivity (Wildman–Crippen MR) is 56.3 cm³/mol. The Morgan fingerprint density at radius 1 is 1.50 bits per heavy atom. The molecule has 1 aromatic rings. The van der Waals surface area contributed by atoms with Gasteiger partial charge in [0.05, 0.1) is 6.61 Å². The van der Waals surface area contributed by atoms with Gasteiger partial charge < -0.3 is 15.4 Å². The summed E-state index contributed by atoms with van der Waals surface area (Å²) in [7, 11) is 3.62. The number of likely N-dealkylation sites (N-methyl/N-ethyl adjacent to an activating group) is 1. The van der Waals surface area contributed by atoms with E-state index in [4.69, 9.17) is 10.5 Å². The minimum atomic E-state index is 0.310. The fraction of sp³-hybridized carbons (Fsp3) is 0.556. The van der Waals surface area contributed by atoms with Gasteiger partial charge in [-0.3, -0.25) is 0 Å². The van der Waals surface area contributed by atoms with Gasteiger partial charge in [0.1, 0.15) is 5.82 Å². The molecule has 0 atom stereocenters. The fourth-order valence-electron chi connectivity index (χ4n) is 1.11. The smallest absolute Gasteiger partial charge is 0.222 e. The molecule has 14 heavy (non-hydrogen) atoms. The molecule has 0 bridgehead atoms. The fourth-order valence-corrected chi connectivity index (χ4v) is 1.11. The summed E-state index contributed by atoms with van der Waals surface area (Å²) in [5, 5.41) is 0. The third-order valence-electron chi connectivity index (χ3n) is 1.88. The molecule has 0 saturated heterocycles. The Kier molecular flexibility index (Phi) is 3.64. The molecule has 0 saturated carbocycles. The van der Waals surface area contributed by atoms with Crippen molar-refractivity contribution in [1.82, 2.24) is 9.97 Å². The number of ether oxygens (including phenoxy) is 1. The summed E-state index contributed by atoms with van der Waals surface area (Å²) in [6, 6.07) is 1.89. The normalized spacial score (nSPS) is 10.2. The second-order valence-corrected chi connectivity index (χ2v) is 3.14. The van der Waals surface area contributed by atoms with Crippen LogP contribution in [0.15, 0.2) is 6.07 Å². The van der Waals surface area contributed by atoms with Crippen molar-refractivity contribution in [3.8, 4) is 0 Å². The maximum atomic E-state index is 5.55. The highest BCUT2D eigenvalue weighted by Crippen LogP contribution is 2.10. The summed E-state index contributed by atoms with van der Waals surface area (Å²) in [5.74, 6) is 1.14. The minimum Gasteiger partial charge on any atom is -0.383 e. The standard InChI is InChI=1S/C9H16N4O/c1-7-6-8(12-9(10)11-7)13(2)4-5-14-3/h6H,4-5H2,1-3H3,(H2,10,11,12). The van der Waals surface area contributed by atoms with Gasteiger partial charge in [-0.1, -0.05) is 0 Å². The van der Waals surface area contributed by atoms with Crippen LogP contribution in [-0.2, 0) is 4.74 Å². The number of aromatic nitrogens is 2. The Balaban J connectivity index is 2.73. The zero-order chi connectivity index (χ0) is 10.6. The Morgan fingerprint density at radius 2 is 2.21 bits per heavy atom. The van der Waals surface area contributed by atoms with Crippen LogP contribution in [-0.4, -0.2) is 37.3 Å². The van der Waals surface area contributed by atoms with E-state index in [1.165, 1.54) is 0 Å². The zero-order valence-electron chi connectivity index (χ0n) is 8.82. The lowest BCUT2D eigenvalue weighted by Crippen LogP contribution is -2.23. The molecule has 1 heterocycles. The number of nitrogens with zero attached hydrogens (tertiary/aromatic N) is 3. The molecule has 0 fully saturated rings. The lowest BCUT2D eigenvalue weighted by Gasteiger charge is -2.17. The van der Waals surface area contributed by atoms with E-state index in [9.17, 15) is 0 Å². The average Bonchev–Trinajstić information content (AvgIpc) is 2.12. The monoisotopic (exact) mass is 196 g/mol. The first-order chi connectivity index (χ1) is 6.63. The molecule has 0 aromatic carbocycles. The first kappa shape index (κ1) is 10.7. The van der Waals surface area contributed by atoms with Crippen LogP contribution in [0.4, 0.5) is 11.8 Å². The Morgan fingerprint density at radius 3 is 2.79 bits per heavy atom. The van der Waals surface area contributed by atoms with Crippen LogP contribution in [0.5, 0.6) is 0 Å². The molecule has 1 aromatic heterocycles. The van der Waals surface area contributed by atoms with Crippen LogP contribution >= 0.6 is 0 Å². The van der Waals surface area contributed by atoms with Crippen molar-refractivity contribution in [1.29, 1.82) is 0 Å². The quantitative estimate of drug-likeness (QED) is 0.757. The number of rotatable bonds is 4. The molecular formula is C9H16N4O. The molecule has 0 unspecified atom stereocenters. The molecule has 0 aliphatic rings. The summed E-state index contributed by atoms with van der Waals surface area (Å²) in [5.41, 5.74) is 6.42. The van der Waals surface area contributed by atoms with Gasteiger partial charge >= 0.3 is 0 Å². The van der Waals surface area contributed by atoms with Gasteiger partial charge in [0.2, 0.25) is 5.95 Å².